The number of halogens is 3. The third-order valence-corrected chi connectivity index (χ3v) is 6.06. The van der Waals surface area contributed by atoms with Crippen LogP contribution in [0.3, 0.4) is 0 Å². The van der Waals surface area contributed by atoms with Crippen molar-refractivity contribution in [1.29, 1.82) is 0 Å². The van der Waals surface area contributed by atoms with Gasteiger partial charge in [0.15, 0.2) is 5.82 Å². The van der Waals surface area contributed by atoms with Gasteiger partial charge in [-0.05, 0) is 44.2 Å². The highest BCUT2D eigenvalue weighted by Gasteiger charge is 2.65. The van der Waals surface area contributed by atoms with Crippen molar-refractivity contribution in [2.45, 2.75) is 31.0 Å². The SMILES string of the molecule is CNCc1cc(Oc2ccc3c(ccn3C(=O)Nc3cc(C4(C(F)(F)F)CC4)n(C)n3)c2)ncn1. The lowest BCUT2D eigenvalue weighted by molar-refractivity contribution is -0.162. The second kappa shape index (κ2) is 8.38. The van der Waals surface area contributed by atoms with E-state index in [0.717, 1.165) is 11.1 Å². The first kappa shape index (κ1) is 22.8. The molecule has 0 saturated heterocycles. The second-order valence-corrected chi connectivity index (χ2v) is 8.43. The van der Waals surface area contributed by atoms with Gasteiger partial charge in [0, 0.05) is 37.3 Å². The van der Waals surface area contributed by atoms with Gasteiger partial charge in [0.05, 0.1) is 16.9 Å². The van der Waals surface area contributed by atoms with Crippen LogP contribution in [-0.4, -0.2) is 43.6 Å². The van der Waals surface area contributed by atoms with Gasteiger partial charge in [0.1, 0.15) is 17.5 Å². The van der Waals surface area contributed by atoms with Gasteiger partial charge in [-0.2, -0.15) is 18.3 Å². The molecule has 4 aromatic rings. The van der Waals surface area contributed by atoms with Gasteiger partial charge in [0.25, 0.3) is 0 Å². The number of hydrogen-bond acceptors (Lipinski definition) is 6. The van der Waals surface area contributed by atoms with Crippen molar-refractivity contribution in [2.24, 2.45) is 7.05 Å². The third-order valence-electron chi connectivity index (χ3n) is 6.06. The first-order chi connectivity index (χ1) is 16.7. The molecule has 12 heteroatoms. The molecule has 5 rings (SSSR count). The topological polar surface area (TPSA) is 98.9 Å². The Hall–Kier alpha value is -3.93. The lowest BCUT2D eigenvalue weighted by atomic mass is 10.0. The fraction of sp³-hybridized carbons (Fsp3) is 0.304. The predicted octanol–water partition coefficient (Wildman–Crippen LogP) is 4.35. The number of alkyl halides is 3. The third kappa shape index (κ3) is 4.20. The zero-order chi connectivity index (χ0) is 24.8. The average Bonchev–Trinajstić information content (AvgIpc) is 3.39. The summed E-state index contributed by atoms with van der Waals surface area (Å²) in [6.45, 7) is 0.574. The zero-order valence-corrected chi connectivity index (χ0v) is 18.9. The number of rotatable bonds is 6. The summed E-state index contributed by atoms with van der Waals surface area (Å²) in [6.07, 6.45) is -1.34. The molecular weight excluding hydrogens is 463 g/mol. The van der Waals surface area contributed by atoms with Gasteiger partial charge in [-0.25, -0.2) is 14.8 Å². The molecular formula is C23H22F3N7O2. The van der Waals surface area contributed by atoms with Crippen LogP contribution in [0.25, 0.3) is 10.9 Å². The Bertz CT molecular complexity index is 1410. The summed E-state index contributed by atoms with van der Waals surface area (Å²) in [4.78, 5) is 21.1. The average molecular weight is 485 g/mol. The molecule has 3 heterocycles. The Morgan fingerprint density at radius 1 is 1.17 bits per heavy atom. The minimum absolute atomic E-state index is 0.0158. The number of anilines is 1. The normalized spacial score (nSPS) is 14.8. The number of fused-ring (bicyclic) bond motifs is 1. The number of carbonyl (C=O) groups excluding carboxylic acids is 1. The summed E-state index contributed by atoms with van der Waals surface area (Å²) in [5.74, 6) is 0.979. The molecule has 9 nitrogen and oxygen atoms in total. The van der Waals surface area contributed by atoms with Crippen LogP contribution in [0, 0.1) is 0 Å². The van der Waals surface area contributed by atoms with E-state index in [1.807, 2.05) is 7.05 Å². The summed E-state index contributed by atoms with van der Waals surface area (Å²) in [6, 6.07) is 9.39. The van der Waals surface area contributed by atoms with Gasteiger partial charge < -0.3 is 10.1 Å². The highest BCUT2D eigenvalue weighted by atomic mass is 19.4. The molecule has 0 spiro atoms. The minimum atomic E-state index is -4.36. The van der Waals surface area contributed by atoms with Gasteiger partial charge >= 0.3 is 12.2 Å². The molecule has 0 aliphatic heterocycles. The molecule has 0 bridgehead atoms. The van der Waals surface area contributed by atoms with E-state index < -0.39 is 17.6 Å². The van der Waals surface area contributed by atoms with Crippen LogP contribution in [-0.2, 0) is 19.0 Å². The Kier molecular flexibility index (Phi) is 5.47. The highest BCUT2D eigenvalue weighted by Crippen LogP contribution is 2.59. The molecule has 3 aromatic heterocycles. The van der Waals surface area contributed by atoms with Crippen LogP contribution in [0.1, 0.15) is 24.2 Å². The van der Waals surface area contributed by atoms with E-state index in [-0.39, 0.29) is 24.4 Å². The predicted molar refractivity (Wildman–Crippen MR) is 121 cm³/mol. The molecule has 1 aliphatic carbocycles. The summed E-state index contributed by atoms with van der Waals surface area (Å²) in [5, 5.41) is 10.4. The van der Waals surface area contributed by atoms with Crippen molar-refractivity contribution >= 4 is 22.8 Å². The smallest absolute Gasteiger partial charge is 0.399 e. The molecule has 0 unspecified atom stereocenters. The Morgan fingerprint density at radius 2 is 1.97 bits per heavy atom. The lowest BCUT2D eigenvalue weighted by Gasteiger charge is -2.18. The van der Waals surface area contributed by atoms with E-state index in [2.05, 4.69) is 25.7 Å². The first-order valence-corrected chi connectivity index (χ1v) is 10.9. The number of nitrogens with zero attached hydrogens (tertiary/aromatic N) is 5. The number of aryl methyl sites for hydroxylation is 1. The van der Waals surface area contributed by atoms with Crippen molar-refractivity contribution in [1.82, 2.24) is 29.6 Å². The van der Waals surface area contributed by atoms with E-state index in [0.29, 0.717) is 23.7 Å². The molecule has 1 amide bonds. The van der Waals surface area contributed by atoms with Crippen molar-refractivity contribution < 1.29 is 22.7 Å². The molecule has 1 saturated carbocycles. The van der Waals surface area contributed by atoms with E-state index in [4.69, 9.17) is 4.74 Å². The van der Waals surface area contributed by atoms with E-state index >= 15 is 0 Å². The van der Waals surface area contributed by atoms with Gasteiger partial charge in [-0.1, -0.05) is 0 Å². The number of carbonyl (C=O) groups is 1. The van der Waals surface area contributed by atoms with Crippen molar-refractivity contribution in [3.63, 3.8) is 0 Å². The number of benzene rings is 1. The zero-order valence-electron chi connectivity index (χ0n) is 18.9. The maximum Gasteiger partial charge on any atom is 0.399 e. The van der Waals surface area contributed by atoms with Crippen LogP contribution >= 0.6 is 0 Å². The molecule has 0 radical (unpaired) electrons. The molecule has 1 aromatic carbocycles. The fourth-order valence-electron chi connectivity index (χ4n) is 4.15. The highest BCUT2D eigenvalue weighted by molar-refractivity contribution is 5.98. The van der Waals surface area contributed by atoms with Gasteiger partial charge in [-0.15, -0.1) is 0 Å². The largest absolute Gasteiger partial charge is 0.439 e. The maximum atomic E-state index is 13.5. The van der Waals surface area contributed by atoms with Crippen LogP contribution in [0.5, 0.6) is 11.6 Å². The number of nitrogens with one attached hydrogen (secondary N) is 2. The second-order valence-electron chi connectivity index (χ2n) is 8.43. The number of ether oxygens (including phenoxy) is 1. The number of aromatic nitrogens is 5. The van der Waals surface area contributed by atoms with Crippen molar-refractivity contribution in [3.8, 4) is 11.6 Å². The van der Waals surface area contributed by atoms with Crippen LogP contribution in [0.15, 0.2) is 48.9 Å². The molecule has 1 aliphatic rings. The monoisotopic (exact) mass is 485 g/mol. The molecule has 182 valence electrons. The minimum Gasteiger partial charge on any atom is -0.439 e. The first-order valence-electron chi connectivity index (χ1n) is 10.9. The van der Waals surface area contributed by atoms with Gasteiger partial charge in [-0.3, -0.25) is 14.6 Å². The van der Waals surface area contributed by atoms with Crippen LogP contribution in [0.2, 0.25) is 0 Å². The standard InChI is InChI=1S/C23H22F3N7O2/c1-27-12-15-10-20(29-13-28-15)35-16-3-4-17-14(9-16)5-8-33(17)21(34)30-19-11-18(32(2)31-19)22(6-7-22)23(24,25)26/h3-5,8-11,13,27H,6-7,12H2,1-2H3,(H,30,31,34). The van der Waals surface area contributed by atoms with E-state index in [1.54, 1.807) is 36.5 Å². The molecule has 35 heavy (non-hydrogen) atoms. The number of hydrogen-bond donors (Lipinski definition) is 2. The molecule has 1 fully saturated rings. The quantitative estimate of drug-likeness (QED) is 0.421. The Morgan fingerprint density at radius 3 is 2.69 bits per heavy atom. The summed E-state index contributed by atoms with van der Waals surface area (Å²) in [7, 11) is 3.26. The fourth-order valence-corrected chi connectivity index (χ4v) is 4.15. The van der Waals surface area contributed by atoms with E-state index in [9.17, 15) is 18.0 Å². The number of amides is 1. The lowest BCUT2D eigenvalue weighted by Crippen LogP contribution is -2.30. The summed E-state index contributed by atoms with van der Waals surface area (Å²) in [5.41, 5.74) is -0.464. The van der Waals surface area contributed by atoms with Crippen LogP contribution in [0.4, 0.5) is 23.8 Å². The molecule has 0 atom stereocenters. The molecule has 2 N–H and O–H groups in total. The van der Waals surface area contributed by atoms with Gasteiger partial charge in [0.2, 0.25) is 5.88 Å². The maximum absolute atomic E-state index is 13.5. The Labute approximate surface area is 197 Å². The summed E-state index contributed by atoms with van der Waals surface area (Å²) >= 11 is 0. The van der Waals surface area contributed by atoms with Crippen molar-refractivity contribution in [3.05, 3.63) is 60.3 Å². The van der Waals surface area contributed by atoms with E-state index in [1.165, 1.54) is 28.7 Å². The van der Waals surface area contributed by atoms with Crippen molar-refractivity contribution in [2.75, 3.05) is 12.4 Å². The van der Waals surface area contributed by atoms with Crippen LogP contribution < -0.4 is 15.4 Å². The summed E-state index contributed by atoms with van der Waals surface area (Å²) < 4.78 is 48.9. The Balaban J connectivity index is 1.33.